The van der Waals surface area contributed by atoms with Crippen molar-refractivity contribution in [2.75, 3.05) is 70.6 Å². The molecule has 2 heterocycles. The molecule has 1 aliphatic heterocycles. The SMILES string of the molecule is COc1c(OCCCN(CCNC=O)CCOc2ccc(C=O)cc2)ccc2c1NC=NCCN=C2NC(=O)c1cnc(N)nc1. The minimum Gasteiger partial charge on any atom is -0.492 e. The highest BCUT2D eigenvalue weighted by atomic mass is 16.5. The largest absolute Gasteiger partial charge is 0.492 e. The molecule has 0 saturated heterocycles. The van der Waals surface area contributed by atoms with E-state index in [9.17, 15) is 14.4 Å². The number of carbonyl (C=O) groups is 3. The van der Waals surface area contributed by atoms with Gasteiger partial charge in [-0.15, -0.1) is 0 Å². The first-order valence-electron chi connectivity index (χ1n) is 14.6. The Morgan fingerprint density at radius 2 is 1.83 bits per heavy atom. The molecule has 1 aromatic heterocycles. The molecule has 1 aliphatic rings. The van der Waals surface area contributed by atoms with Gasteiger partial charge in [-0.25, -0.2) is 9.97 Å². The van der Waals surface area contributed by atoms with Crippen molar-refractivity contribution in [1.82, 2.24) is 25.5 Å². The highest BCUT2D eigenvalue weighted by Crippen LogP contribution is 2.38. The number of nitrogens with zero attached hydrogens (tertiary/aromatic N) is 5. The molecule has 0 radical (unpaired) electrons. The summed E-state index contributed by atoms with van der Waals surface area (Å²) < 4.78 is 17.7. The Morgan fingerprint density at radius 1 is 1.02 bits per heavy atom. The van der Waals surface area contributed by atoms with E-state index in [1.54, 1.807) is 42.7 Å². The van der Waals surface area contributed by atoms with Gasteiger partial charge in [0.2, 0.25) is 12.4 Å². The molecule has 0 aliphatic carbocycles. The van der Waals surface area contributed by atoms with E-state index in [-0.39, 0.29) is 11.5 Å². The van der Waals surface area contributed by atoms with Crippen LogP contribution in [0.2, 0.25) is 0 Å². The van der Waals surface area contributed by atoms with Crippen molar-refractivity contribution in [3.05, 3.63) is 65.5 Å². The van der Waals surface area contributed by atoms with Crippen molar-refractivity contribution >= 4 is 42.4 Å². The highest BCUT2D eigenvalue weighted by Gasteiger charge is 2.21. The van der Waals surface area contributed by atoms with Crippen LogP contribution in [0.5, 0.6) is 17.2 Å². The number of ether oxygens (including phenoxy) is 3. The van der Waals surface area contributed by atoms with E-state index >= 15 is 0 Å². The fourth-order valence-corrected chi connectivity index (χ4v) is 4.46. The molecule has 0 bridgehead atoms. The van der Waals surface area contributed by atoms with E-state index in [4.69, 9.17) is 19.9 Å². The van der Waals surface area contributed by atoms with Gasteiger partial charge in [-0.1, -0.05) is 0 Å². The molecule has 2 amide bonds. The average Bonchev–Trinajstić information content (AvgIpc) is 3.17. The number of rotatable bonds is 16. The molecule has 0 unspecified atom stereocenters. The second-order valence-corrected chi connectivity index (χ2v) is 9.86. The van der Waals surface area contributed by atoms with Crippen LogP contribution in [0.25, 0.3) is 0 Å². The Morgan fingerprint density at radius 3 is 2.57 bits per heavy atom. The summed E-state index contributed by atoms with van der Waals surface area (Å²) in [5.74, 6) is 1.53. The molecule has 4 rings (SSSR count). The molecule has 46 heavy (non-hydrogen) atoms. The Hall–Kier alpha value is -5.57. The maximum Gasteiger partial charge on any atom is 0.259 e. The number of methoxy groups -OCH3 is 1. The Labute approximate surface area is 266 Å². The molecule has 242 valence electrons. The monoisotopic (exact) mass is 631 g/mol. The van der Waals surface area contributed by atoms with Gasteiger partial charge in [-0.3, -0.25) is 29.3 Å². The normalized spacial score (nSPS) is 12.3. The van der Waals surface area contributed by atoms with Crippen LogP contribution in [0.1, 0.15) is 32.7 Å². The summed E-state index contributed by atoms with van der Waals surface area (Å²) in [7, 11) is 1.53. The number of nitrogens with one attached hydrogen (secondary N) is 3. The standard InChI is InChI=1S/C31H37N9O6/c1-44-28-26(46-15-2-12-40(13-11-34-21-42)14-16-45-24-5-3-22(19-41)4-6-24)8-7-25-27(28)38-20-33-9-10-35-29(25)39-30(43)23-17-36-31(32)37-18-23/h3-8,17-21H,2,9-16H2,1H3,(H,33,38)(H,34,42)(H2,32,36,37)(H,35,39,43). The molecule has 0 spiro atoms. The zero-order valence-electron chi connectivity index (χ0n) is 25.5. The molecular weight excluding hydrogens is 594 g/mol. The van der Waals surface area contributed by atoms with Crippen LogP contribution in [0.15, 0.2) is 58.8 Å². The van der Waals surface area contributed by atoms with Crippen molar-refractivity contribution in [1.29, 1.82) is 0 Å². The topological polar surface area (TPSA) is 195 Å². The lowest BCUT2D eigenvalue weighted by atomic mass is 10.1. The van der Waals surface area contributed by atoms with Crippen LogP contribution < -0.4 is 35.9 Å². The number of hydrogen-bond acceptors (Lipinski definition) is 13. The lowest BCUT2D eigenvalue weighted by Gasteiger charge is -2.23. The number of fused-ring (bicyclic) bond motifs is 1. The summed E-state index contributed by atoms with van der Waals surface area (Å²) in [6.45, 7) is 4.00. The van der Waals surface area contributed by atoms with Gasteiger partial charge in [0.15, 0.2) is 11.5 Å². The number of aldehydes is 1. The second-order valence-electron chi connectivity index (χ2n) is 9.86. The third kappa shape index (κ3) is 9.72. The minimum atomic E-state index is -0.446. The molecule has 3 aromatic rings. The van der Waals surface area contributed by atoms with Gasteiger partial charge in [0, 0.05) is 49.7 Å². The summed E-state index contributed by atoms with van der Waals surface area (Å²) >= 11 is 0. The zero-order valence-corrected chi connectivity index (χ0v) is 25.5. The van der Waals surface area contributed by atoms with Crippen molar-refractivity contribution < 1.29 is 28.6 Å². The van der Waals surface area contributed by atoms with Crippen LogP contribution in [-0.2, 0) is 4.79 Å². The minimum absolute atomic E-state index is 0.0656. The van der Waals surface area contributed by atoms with Crippen molar-refractivity contribution in [2.45, 2.75) is 6.42 Å². The van der Waals surface area contributed by atoms with Gasteiger partial charge in [-0.2, -0.15) is 0 Å². The number of carbonyl (C=O) groups excluding carboxylic acids is 3. The maximum absolute atomic E-state index is 12.9. The van der Waals surface area contributed by atoms with E-state index in [1.807, 2.05) is 0 Å². The molecule has 2 aromatic carbocycles. The number of aromatic nitrogens is 2. The summed E-state index contributed by atoms with van der Waals surface area (Å²) in [5.41, 5.74) is 7.47. The van der Waals surface area contributed by atoms with E-state index in [1.165, 1.54) is 19.5 Å². The van der Waals surface area contributed by atoms with Gasteiger partial charge in [0.25, 0.3) is 5.91 Å². The number of nitrogen functional groups attached to an aromatic ring is 1. The molecule has 0 fully saturated rings. The first-order valence-corrected chi connectivity index (χ1v) is 14.6. The van der Waals surface area contributed by atoms with Gasteiger partial charge in [-0.05, 0) is 42.8 Å². The third-order valence-corrected chi connectivity index (χ3v) is 6.77. The molecular formula is C31H37N9O6. The smallest absolute Gasteiger partial charge is 0.259 e. The summed E-state index contributed by atoms with van der Waals surface area (Å²) in [6.07, 6.45) is 6.38. The first kappa shape index (κ1) is 33.3. The van der Waals surface area contributed by atoms with Crippen LogP contribution in [0.4, 0.5) is 11.6 Å². The van der Waals surface area contributed by atoms with Gasteiger partial charge in [0.05, 0.1) is 44.4 Å². The van der Waals surface area contributed by atoms with Gasteiger partial charge >= 0.3 is 0 Å². The van der Waals surface area contributed by atoms with E-state index in [0.29, 0.717) is 105 Å². The summed E-state index contributed by atoms with van der Waals surface area (Å²) in [6, 6.07) is 10.5. The predicted octanol–water partition coefficient (Wildman–Crippen LogP) is 1.41. The second kappa shape index (κ2) is 17.7. The summed E-state index contributed by atoms with van der Waals surface area (Å²) in [4.78, 5) is 53.4. The van der Waals surface area contributed by atoms with Gasteiger partial charge in [0.1, 0.15) is 24.5 Å². The quantitative estimate of drug-likeness (QED) is 0.132. The average molecular weight is 632 g/mol. The molecule has 15 nitrogen and oxygen atoms in total. The molecule has 0 atom stereocenters. The number of aliphatic imine (C=N–C) groups is 2. The van der Waals surface area contributed by atoms with Crippen molar-refractivity contribution in [3.63, 3.8) is 0 Å². The molecule has 0 saturated carbocycles. The zero-order chi connectivity index (χ0) is 32.6. The lowest BCUT2D eigenvalue weighted by molar-refractivity contribution is -0.109. The maximum atomic E-state index is 12.9. The van der Waals surface area contributed by atoms with Crippen LogP contribution >= 0.6 is 0 Å². The van der Waals surface area contributed by atoms with Gasteiger partial charge < -0.3 is 35.9 Å². The third-order valence-electron chi connectivity index (χ3n) is 6.77. The number of nitrogens with two attached hydrogens (primary N) is 1. The predicted molar refractivity (Wildman–Crippen MR) is 173 cm³/mol. The molecule has 15 heteroatoms. The number of anilines is 2. The van der Waals surface area contributed by atoms with Crippen LogP contribution in [0.3, 0.4) is 0 Å². The Kier molecular flexibility index (Phi) is 12.8. The lowest BCUT2D eigenvalue weighted by Crippen LogP contribution is -2.36. The fraction of sp³-hybridized carbons (Fsp3) is 0.323. The Bertz CT molecular complexity index is 1510. The Balaban J connectivity index is 1.39. The highest BCUT2D eigenvalue weighted by molar-refractivity contribution is 6.16. The number of amidine groups is 1. The van der Waals surface area contributed by atoms with Crippen LogP contribution in [-0.4, -0.2) is 105 Å². The van der Waals surface area contributed by atoms with E-state index < -0.39 is 5.91 Å². The number of amides is 2. The fourth-order valence-electron chi connectivity index (χ4n) is 4.46. The van der Waals surface area contributed by atoms with E-state index in [2.05, 4.69) is 40.8 Å². The van der Waals surface area contributed by atoms with E-state index in [0.717, 1.165) is 6.29 Å². The van der Waals surface area contributed by atoms with Crippen molar-refractivity contribution in [3.8, 4) is 17.2 Å². The number of hydrogen-bond donors (Lipinski definition) is 4. The van der Waals surface area contributed by atoms with Crippen molar-refractivity contribution in [2.24, 2.45) is 9.98 Å². The number of benzene rings is 2. The summed E-state index contributed by atoms with van der Waals surface area (Å²) in [5, 5.41) is 8.68. The van der Waals surface area contributed by atoms with Crippen LogP contribution in [0, 0.1) is 0 Å². The first-order chi connectivity index (χ1) is 22.5. The molecule has 5 N–H and O–H groups in total.